The molecule has 0 radical (unpaired) electrons. The second kappa shape index (κ2) is 5.93. The molecule has 0 amide bonds. The predicted octanol–water partition coefficient (Wildman–Crippen LogP) is 2.38. The molecule has 0 saturated carbocycles. The Labute approximate surface area is 125 Å². The van der Waals surface area contributed by atoms with E-state index in [4.69, 9.17) is 4.98 Å². The van der Waals surface area contributed by atoms with Gasteiger partial charge in [0.15, 0.2) is 0 Å². The molecule has 2 heterocycles. The summed E-state index contributed by atoms with van der Waals surface area (Å²) in [5.74, 6) is 1.24. The maximum absolute atomic E-state index is 4.74. The van der Waals surface area contributed by atoms with Crippen molar-refractivity contribution in [2.24, 2.45) is 0 Å². The van der Waals surface area contributed by atoms with Gasteiger partial charge in [-0.05, 0) is 32.7 Å². The van der Waals surface area contributed by atoms with E-state index in [0.29, 0.717) is 5.92 Å². The van der Waals surface area contributed by atoms with Gasteiger partial charge in [0.05, 0.1) is 29.6 Å². The van der Waals surface area contributed by atoms with Crippen molar-refractivity contribution in [2.75, 3.05) is 7.05 Å². The van der Waals surface area contributed by atoms with Gasteiger partial charge in [-0.25, -0.2) is 15.0 Å². The van der Waals surface area contributed by atoms with E-state index in [9.17, 15) is 0 Å². The number of fused-ring (bicyclic) bond motifs is 1. The Balaban J connectivity index is 2.07. The molecule has 0 fully saturated rings. The minimum atomic E-state index is 0.339. The van der Waals surface area contributed by atoms with Crippen molar-refractivity contribution in [3.05, 3.63) is 35.4 Å². The minimum Gasteiger partial charge on any atom is -0.314 e. The van der Waals surface area contributed by atoms with E-state index in [1.165, 1.54) is 24.2 Å². The molecule has 2 aromatic rings. The summed E-state index contributed by atoms with van der Waals surface area (Å²) in [6.07, 6.45) is 8.56. The van der Waals surface area contributed by atoms with Gasteiger partial charge in [-0.2, -0.15) is 0 Å². The average Bonchev–Trinajstić information content (AvgIpc) is 2.91. The molecule has 21 heavy (non-hydrogen) atoms. The van der Waals surface area contributed by atoms with Crippen molar-refractivity contribution in [3.63, 3.8) is 0 Å². The smallest absolute Gasteiger partial charge is 0.131 e. The Bertz CT molecular complexity index is 630. The number of imidazole rings is 1. The van der Waals surface area contributed by atoms with Crippen molar-refractivity contribution in [3.8, 4) is 5.69 Å². The largest absolute Gasteiger partial charge is 0.314 e. The Morgan fingerprint density at radius 3 is 2.81 bits per heavy atom. The Morgan fingerprint density at radius 1 is 1.24 bits per heavy atom. The van der Waals surface area contributed by atoms with Crippen LogP contribution < -0.4 is 5.32 Å². The summed E-state index contributed by atoms with van der Waals surface area (Å²) < 4.78 is 2.19. The summed E-state index contributed by atoms with van der Waals surface area (Å²) in [7, 11) is 1.95. The highest BCUT2D eigenvalue weighted by molar-refractivity contribution is 5.38. The van der Waals surface area contributed by atoms with Crippen LogP contribution in [0.25, 0.3) is 5.69 Å². The van der Waals surface area contributed by atoms with Crippen molar-refractivity contribution < 1.29 is 0 Å². The third-order valence-electron chi connectivity index (χ3n) is 4.01. The first-order valence-electron chi connectivity index (χ1n) is 7.76. The van der Waals surface area contributed by atoms with Crippen LogP contribution in [0.1, 0.15) is 55.5 Å². The molecule has 0 aromatic carbocycles. The molecule has 5 heteroatoms. The molecule has 112 valence electrons. The maximum Gasteiger partial charge on any atom is 0.131 e. The van der Waals surface area contributed by atoms with Gasteiger partial charge in [0, 0.05) is 18.2 Å². The van der Waals surface area contributed by atoms with Gasteiger partial charge in [-0.15, -0.1) is 0 Å². The average molecular weight is 285 g/mol. The zero-order chi connectivity index (χ0) is 14.8. The normalized spacial score (nSPS) is 14.5. The number of nitrogens with zero attached hydrogens (tertiary/aromatic N) is 4. The number of hydrogen-bond donors (Lipinski definition) is 1. The second-order valence-electron chi connectivity index (χ2n) is 5.96. The van der Waals surface area contributed by atoms with Gasteiger partial charge in [-0.1, -0.05) is 13.8 Å². The van der Waals surface area contributed by atoms with Crippen LogP contribution in [0.5, 0.6) is 0 Å². The van der Waals surface area contributed by atoms with Crippen LogP contribution in [0, 0.1) is 0 Å². The lowest BCUT2D eigenvalue weighted by Gasteiger charge is -2.17. The van der Waals surface area contributed by atoms with Gasteiger partial charge in [0.2, 0.25) is 0 Å². The summed E-state index contributed by atoms with van der Waals surface area (Å²) in [5.41, 5.74) is 4.68. The maximum atomic E-state index is 4.74. The highest BCUT2D eigenvalue weighted by Gasteiger charge is 2.19. The van der Waals surface area contributed by atoms with Crippen LogP contribution in [0.4, 0.5) is 0 Å². The van der Waals surface area contributed by atoms with Crippen LogP contribution in [0.15, 0.2) is 12.5 Å². The van der Waals surface area contributed by atoms with Crippen molar-refractivity contribution >= 4 is 0 Å². The fourth-order valence-electron chi connectivity index (χ4n) is 2.88. The van der Waals surface area contributed by atoms with Gasteiger partial charge in [0.1, 0.15) is 5.82 Å². The first-order valence-corrected chi connectivity index (χ1v) is 7.76. The molecule has 1 aliphatic rings. The lowest BCUT2D eigenvalue weighted by Crippen LogP contribution is -2.15. The molecule has 2 aromatic heterocycles. The van der Waals surface area contributed by atoms with Crippen LogP contribution >= 0.6 is 0 Å². The third kappa shape index (κ3) is 2.70. The van der Waals surface area contributed by atoms with E-state index >= 15 is 0 Å². The Kier molecular flexibility index (Phi) is 4.01. The summed E-state index contributed by atoms with van der Waals surface area (Å²) in [6, 6.07) is 0. The molecule has 0 bridgehead atoms. The summed E-state index contributed by atoms with van der Waals surface area (Å²) in [6.45, 7) is 4.99. The third-order valence-corrected chi connectivity index (χ3v) is 4.01. The van der Waals surface area contributed by atoms with Crippen molar-refractivity contribution in [1.29, 1.82) is 0 Å². The highest BCUT2D eigenvalue weighted by atomic mass is 15.1. The highest BCUT2D eigenvalue weighted by Crippen LogP contribution is 2.24. The fourth-order valence-corrected chi connectivity index (χ4v) is 2.88. The lowest BCUT2D eigenvalue weighted by atomic mass is 10.0. The van der Waals surface area contributed by atoms with E-state index in [2.05, 4.69) is 33.7 Å². The molecule has 0 aliphatic heterocycles. The second-order valence-corrected chi connectivity index (χ2v) is 5.96. The zero-order valence-electron chi connectivity index (χ0n) is 13.1. The lowest BCUT2D eigenvalue weighted by molar-refractivity contribution is 0.651. The van der Waals surface area contributed by atoms with Crippen molar-refractivity contribution in [2.45, 2.75) is 52.0 Å². The van der Waals surface area contributed by atoms with Gasteiger partial charge >= 0.3 is 0 Å². The predicted molar refractivity (Wildman–Crippen MR) is 82.6 cm³/mol. The molecule has 3 rings (SSSR count). The quantitative estimate of drug-likeness (QED) is 0.937. The topological polar surface area (TPSA) is 55.6 Å². The van der Waals surface area contributed by atoms with E-state index in [1.807, 2.05) is 19.6 Å². The number of aryl methyl sites for hydroxylation is 1. The molecule has 1 aliphatic carbocycles. The number of aromatic nitrogens is 4. The van der Waals surface area contributed by atoms with Crippen molar-refractivity contribution in [1.82, 2.24) is 24.8 Å². The van der Waals surface area contributed by atoms with Gasteiger partial charge < -0.3 is 5.32 Å². The number of nitrogens with one attached hydrogen (secondary N) is 1. The Morgan fingerprint density at radius 2 is 2.05 bits per heavy atom. The van der Waals surface area contributed by atoms with Gasteiger partial charge in [-0.3, -0.25) is 4.57 Å². The molecule has 0 saturated heterocycles. The number of hydrogen-bond acceptors (Lipinski definition) is 4. The standard InChI is InChI=1S/C16H23N5/c1-11(2)16-18-9-15(13(20-16)8-17-3)21-10-19-12-6-4-5-7-14(12)21/h9-11,17H,4-8H2,1-3H3. The van der Waals surface area contributed by atoms with E-state index < -0.39 is 0 Å². The molecule has 1 N–H and O–H groups in total. The van der Waals surface area contributed by atoms with Crippen LogP contribution in [0.2, 0.25) is 0 Å². The first-order chi connectivity index (χ1) is 10.2. The van der Waals surface area contributed by atoms with Gasteiger partial charge in [0.25, 0.3) is 0 Å². The minimum absolute atomic E-state index is 0.339. The molecule has 0 spiro atoms. The zero-order valence-corrected chi connectivity index (χ0v) is 13.1. The number of rotatable bonds is 4. The summed E-state index contributed by atoms with van der Waals surface area (Å²) in [5, 5.41) is 3.21. The van der Waals surface area contributed by atoms with Crippen LogP contribution in [-0.4, -0.2) is 26.6 Å². The molecule has 0 atom stereocenters. The molecule has 5 nitrogen and oxygen atoms in total. The summed E-state index contributed by atoms with van der Waals surface area (Å²) >= 11 is 0. The Hall–Kier alpha value is -1.75. The molecule has 0 unspecified atom stereocenters. The monoisotopic (exact) mass is 285 g/mol. The fraction of sp³-hybridized carbons (Fsp3) is 0.562. The SMILES string of the molecule is CNCc1nc(C(C)C)ncc1-n1cnc2c1CCCC2. The van der Waals surface area contributed by atoms with Crippen LogP contribution in [0.3, 0.4) is 0 Å². The van der Waals surface area contributed by atoms with E-state index in [0.717, 1.165) is 36.6 Å². The molecular formula is C16H23N5. The summed E-state index contributed by atoms with van der Waals surface area (Å²) in [4.78, 5) is 13.9. The molecular weight excluding hydrogens is 262 g/mol. The van der Waals surface area contributed by atoms with E-state index in [1.54, 1.807) is 0 Å². The van der Waals surface area contributed by atoms with E-state index in [-0.39, 0.29) is 0 Å². The van der Waals surface area contributed by atoms with Crippen LogP contribution in [-0.2, 0) is 19.4 Å². The first kappa shape index (κ1) is 14.2.